The fourth-order valence-electron chi connectivity index (χ4n) is 3.97. The van der Waals surface area contributed by atoms with Gasteiger partial charge in [-0.2, -0.15) is 0 Å². The van der Waals surface area contributed by atoms with E-state index in [0.29, 0.717) is 5.69 Å². The van der Waals surface area contributed by atoms with Gasteiger partial charge in [0.25, 0.3) is 0 Å². The van der Waals surface area contributed by atoms with Crippen molar-refractivity contribution in [1.29, 1.82) is 0 Å². The average Bonchev–Trinajstić information content (AvgIpc) is 3.10. The van der Waals surface area contributed by atoms with E-state index in [1.807, 2.05) is 39.0 Å². The first-order chi connectivity index (χ1) is 11.1. The van der Waals surface area contributed by atoms with E-state index in [1.54, 1.807) is 6.92 Å². The van der Waals surface area contributed by atoms with E-state index < -0.39 is 23.6 Å². The highest BCUT2D eigenvalue weighted by Gasteiger charge is 2.57. The van der Waals surface area contributed by atoms with Crippen LogP contribution < -0.4 is 5.32 Å². The fraction of sp³-hybridized carbons (Fsp3) is 0.579. The van der Waals surface area contributed by atoms with E-state index in [1.165, 1.54) is 0 Å². The lowest BCUT2D eigenvalue weighted by molar-refractivity contribution is -0.142. The number of aliphatic carboxylic acids is 1. The van der Waals surface area contributed by atoms with Crippen LogP contribution in [0, 0.1) is 11.3 Å². The number of nitrogens with one attached hydrogen (secondary N) is 1. The molecule has 1 fully saturated rings. The molecule has 24 heavy (non-hydrogen) atoms. The van der Waals surface area contributed by atoms with Crippen molar-refractivity contribution in [3.05, 3.63) is 29.3 Å². The summed E-state index contributed by atoms with van der Waals surface area (Å²) in [6.45, 7) is 7.27. The minimum Gasteiger partial charge on any atom is -0.481 e. The number of carbonyl (C=O) groups is 2. The zero-order valence-electron chi connectivity index (χ0n) is 14.7. The molecule has 3 rings (SSSR count). The van der Waals surface area contributed by atoms with Crippen molar-refractivity contribution in [3.63, 3.8) is 0 Å². The van der Waals surface area contributed by atoms with Crippen LogP contribution >= 0.6 is 0 Å². The van der Waals surface area contributed by atoms with E-state index in [0.717, 1.165) is 30.4 Å². The SMILES string of the molecule is CC(C(=O)O)C1c2ccc(NC(=O)OC(C)(C)C)cc2CC12CC2. The molecule has 1 spiro atoms. The molecule has 0 aliphatic heterocycles. The largest absolute Gasteiger partial charge is 0.481 e. The van der Waals surface area contributed by atoms with Crippen LogP contribution in [0.3, 0.4) is 0 Å². The Morgan fingerprint density at radius 3 is 2.54 bits per heavy atom. The average molecular weight is 331 g/mol. The number of ether oxygens (including phenoxy) is 1. The number of benzene rings is 1. The van der Waals surface area contributed by atoms with Gasteiger partial charge < -0.3 is 9.84 Å². The third-order valence-corrected chi connectivity index (χ3v) is 5.11. The first kappa shape index (κ1) is 16.8. The van der Waals surface area contributed by atoms with Gasteiger partial charge in [-0.3, -0.25) is 10.1 Å². The first-order valence-corrected chi connectivity index (χ1v) is 8.47. The predicted octanol–water partition coefficient (Wildman–Crippen LogP) is 4.17. The van der Waals surface area contributed by atoms with Crippen LogP contribution in [0.15, 0.2) is 18.2 Å². The number of hydrogen-bond donors (Lipinski definition) is 2. The standard InChI is InChI=1S/C19H25NO4/c1-11(16(21)22)15-14-6-5-13(20-17(23)24-18(2,3)4)9-12(14)10-19(15)7-8-19/h5-6,9,11,15H,7-8,10H2,1-4H3,(H,20,23)(H,21,22). The molecule has 5 nitrogen and oxygen atoms in total. The van der Waals surface area contributed by atoms with Gasteiger partial charge in [-0.05, 0) is 68.7 Å². The van der Waals surface area contributed by atoms with Gasteiger partial charge in [0.1, 0.15) is 5.60 Å². The van der Waals surface area contributed by atoms with Gasteiger partial charge in [0.2, 0.25) is 0 Å². The Kier molecular flexibility index (Phi) is 3.85. The van der Waals surface area contributed by atoms with E-state index in [4.69, 9.17) is 4.74 Å². The van der Waals surface area contributed by atoms with Gasteiger partial charge in [-0.15, -0.1) is 0 Å². The Balaban J connectivity index is 1.81. The molecule has 0 saturated heterocycles. The monoisotopic (exact) mass is 331 g/mol. The molecule has 1 aromatic rings. The van der Waals surface area contributed by atoms with Gasteiger partial charge in [-0.1, -0.05) is 13.0 Å². The van der Waals surface area contributed by atoms with Crippen LogP contribution in [0.25, 0.3) is 0 Å². The van der Waals surface area contributed by atoms with Crippen molar-refractivity contribution in [2.45, 2.75) is 58.5 Å². The summed E-state index contributed by atoms with van der Waals surface area (Å²) >= 11 is 0. The number of fused-ring (bicyclic) bond motifs is 1. The predicted molar refractivity (Wildman–Crippen MR) is 91.2 cm³/mol. The number of carbonyl (C=O) groups excluding carboxylic acids is 1. The van der Waals surface area contributed by atoms with Crippen LogP contribution in [0.1, 0.15) is 57.6 Å². The molecule has 2 unspecified atom stereocenters. The highest BCUT2D eigenvalue weighted by molar-refractivity contribution is 5.85. The summed E-state index contributed by atoms with van der Waals surface area (Å²) in [6.07, 6.45) is 2.59. The van der Waals surface area contributed by atoms with Crippen molar-refractivity contribution >= 4 is 17.7 Å². The minimum absolute atomic E-state index is 0.0700. The normalized spacial score (nSPS) is 21.9. The summed E-state index contributed by atoms with van der Waals surface area (Å²) < 4.78 is 5.28. The second kappa shape index (κ2) is 5.50. The van der Waals surface area contributed by atoms with Crippen LogP contribution in [-0.2, 0) is 16.0 Å². The number of carboxylic acid groups (broad SMARTS) is 1. The summed E-state index contributed by atoms with van der Waals surface area (Å²) in [5, 5.41) is 12.2. The molecule has 1 amide bonds. The lowest BCUT2D eigenvalue weighted by atomic mass is 9.80. The molecule has 5 heteroatoms. The Morgan fingerprint density at radius 2 is 2.00 bits per heavy atom. The fourth-order valence-corrected chi connectivity index (χ4v) is 3.97. The maximum Gasteiger partial charge on any atom is 0.412 e. The van der Waals surface area contributed by atoms with Crippen molar-refractivity contribution in [2.75, 3.05) is 5.32 Å². The number of rotatable bonds is 3. The molecule has 0 heterocycles. The number of hydrogen-bond acceptors (Lipinski definition) is 3. The van der Waals surface area contributed by atoms with Crippen molar-refractivity contribution in [1.82, 2.24) is 0 Å². The minimum atomic E-state index is -0.741. The smallest absolute Gasteiger partial charge is 0.412 e. The Hall–Kier alpha value is -2.04. The summed E-state index contributed by atoms with van der Waals surface area (Å²) in [5.74, 6) is -1.06. The van der Waals surface area contributed by atoms with Crippen molar-refractivity contribution < 1.29 is 19.4 Å². The van der Waals surface area contributed by atoms with Gasteiger partial charge in [0.15, 0.2) is 0 Å². The molecular formula is C19H25NO4. The molecule has 2 atom stereocenters. The van der Waals surface area contributed by atoms with Crippen LogP contribution in [0.4, 0.5) is 10.5 Å². The Bertz CT molecular complexity index is 685. The van der Waals surface area contributed by atoms with Crippen molar-refractivity contribution in [2.24, 2.45) is 11.3 Å². The third-order valence-electron chi connectivity index (χ3n) is 5.11. The van der Waals surface area contributed by atoms with Crippen LogP contribution in [-0.4, -0.2) is 22.8 Å². The topological polar surface area (TPSA) is 75.6 Å². The molecule has 0 aromatic heterocycles. The number of anilines is 1. The van der Waals surface area contributed by atoms with Crippen molar-refractivity contribution in [3.8, 4) is 0 Å². The Morgan fingerprint density at radius 1 is 1.33 bits per heavy atom. The van der Waals surface area contributed by atoms with Gasteiger partial charge in [0.05, 0.1) is 5.92 Å². The molecule has 2 aliphatic rings. The number of amides is 1. The van der Waals surface area contributed by atoms with Gasteiger partial charge in [-0.25, -0.2) is 4.79 Å². The Labute approximate surface area is 142 Å². The molecule has 1 saturated carbocycles. The zero-order chi connectivity index (χ0) is 17.7. The number of carboxylic acids is 1. The van der Waals surface area contributed by atoms with Gasteiger partial charge in [0, 0.05) is 11.6 Å². The molecule has 130 valence electrons. The molecule has 0 bridgehead atoms. The van der Waals surface area contributed by atoms with Crippen LogP contribution in [0.5, 0.6) is 0 Å². The highest BCUT2D eigenvalue weighted by Crippen LogP contribution is 2.65. The summed E-state index contributed by atoms with van der Waals surface area (Å²) in [4.78, 5) is 23.4. The zero-order valence-corrected chi connectivity index (χ0v) is 14.7. The van der Waals surface area contributed by atoms with E-state index >= 15 is 0 Å². The molecular weight excluding hydrogens is 306 g/mol. The molecule has 1 aromatic carbocycles. The van der Waals surface area contributed by atoms with E-state index in [-0.39, 0.29) is 11.3 Å². The van der Waals surface area contributed by atoms with E-state index in [9.17, 15) is 14.7 Å². The molecule has 2 N–H and O–H groups in total. The molecule has 2 aliphatic carbocycles. The maximum atomic E-state index is 11.9. The summed E-state index contributed by atoms with van der Waals surface area (Å²) in [7, 11) is 0. The quantitative estimate of drug-likeness (QED) is 0.871. The second-order valence-electron chi connectivity index (χ2n) is 8.18. The lowest BCUT2D eigenvalue weighted by Gasteiger charge is -2.23. The summed E-state index contributed by atoms with van der Waals surface area (Å²) in [6, 6.07) is 5.78. The second-order valence-corrected chi connectivity index (χ2v) is 8.18. The molecule has 0 radical (unpaired) electrons. The third kappa shape index (κ3) is 3.12. The highest BCUT2D eigenvalue weighted by atomic mass is 16.6. The van der Waals surface area contributed by atoms with Gasteiger partial charge >= 0.3 is 12.1 Å². The lowest BCUT2D eigenvalue weighted by Crippen LogP contribution is -2.27. The van der Waals surface area contributed by atoms with E-state index in [2.05, 4.69) is 5.32 Å². The first-order valence-electron chi connectivity index (χ1n) is 8.47. The van der Waals surface area contributed by atoms with Crippen LogP contribution in [0.2, 0.25) is 0 Å². The summed E-state index contributed by atoms with van der Waals surface area (Å²) in [5.41, 5.74) is 2.55. The maximum absolute atomic E-state index is 11.9.